The molecule has 0 spiro atoms. The molecule has 136 valence electrons. The van der Waals surface area contributed by atoms with Gasteiger partial charge < -0.3 is 14.4 Å². The summed E-state index contributed by atoms with van der Waals surface area (Å²) in [5, 5.41) is 0. The SMILES string of the molecule is C=CCC(CC=C)(COC)[C@@H]1O[C@H](c2ccccc2)[C@H](C)N(C)C1=O. The van der Waals surface area contributed by atoms with Crippen molar-refractivity contribution in [3.05, 3.63) is 61.2 Å². The standard InChI is InChI=1S/C21H29NO3/c1-6-13-21(14-7-2,15-24-5)19-20(23)22(4)16(3)18(25-19)17-11-9-8-10-12-17/h6-12,16,18-19H,1-2,13-15H2,3-5H3/t16-,18-,19+/m0/s1. The summed E-state index contributed by atoms with van der Waals surface area (Å²) in [7, 11) is 3.49. The Balaban J connectivity index is 2.44. The largest absolute Gasteiger partial charge is 0.384 e. The van der Waals surface area contributed by atoms with Crippen molar-refractivity contribution in [3.8, 4) is 0 Å². The smallest absolute Gasteiger partial charge is 0.252 e. The van der Waals surface area contributed by atoms with Gasteiger partial charge in [0.05, 0.1) is 12.6 Å². The van der Waals surface area contributed by atoms with Crippen molar-refractivity contribution in [3.63, 3.8) is 0 Å². The monoisotopic (exact) mass is 343 g/mol. The molecule has 1 aromatic rings. The van der Waals surface area contributed by atoms with Gasteiger partial charge in [0, 0.05) is 19.6 Å². The second kappa shape index (κ2) is 8.45. The summed E-state index contributed by atoms with van der Waals surface area (Å²) in [6.45, 7) is 10.2. The van der Waals surface area contributed by atoms with E-state index in [4.69, 9.17) is 9.47 Å². The molecule has 0 N–H and O–H groups in total. The topological polar surface area (TPSA) is 38.8 Å². The molecule has 3 atom stereocenters. The summed E-state index contributed by atoms with van der Waals surface area (Å²) in [6, 6.07) is 10.0. The van der Waals surface area contributed by atoms with Crippen molar-refractivity contribution in [1.82, 2.24) is 4.90 Å². The third-order valence-corrected chi connectivity index (χ3v) is 5.12. The highest BCUT2D eigenvalue weighted by molar-refractivity contribution is 5.83. The number of hydrogen-bond donors (Lipinski definition) is 0. The molecular weight excluding hydrogens is 314 g/mol. The van der Waals surface area contributed by atoms with E-state index in [0.29, 0.717) is 19.4 Å². The van der Waals surface area contributed by atoms with E-state index in [9.17, 15) is 4.79 Å². The molecule has 2 rings (SSSR count). The molecule has 4 nitrogen and oxygen atoms in total. The summed E-state index contributed by atoms with van der Waals surface area (Å²) < 4.78 is 11.9. The molecule has 1 saturated heterocycles. The third-order valence-electron chi connectivity index (χ3n) is 5.12. The highest BCUT2D eigenvalue weighted by Crippen LogP contribution is 2.42. The van der Waals surface area contributed by atoms with Gasteiger partial charge in [0.15, 0.2) is 0 Å². The molecular formula is C21H29NO3. The first kappa shape index (κ1) is 19.4. The van der Waals surface area contributed by atoms with Crippen LogP contribution in [-0.2, 0) is 14.3 Å². The summed E-state index contributed by atoms with van der Waals surface area (Å²) in [5.74, 6) is -0.0135. The molecule has 1 aliphatic rings. The second-order valence-electron chi connectivity index (χ2n) is 6.82. The Morgan fingerprint density at radius 3 is 2.36 bits per heavy atom. The molecule has 1 fully saturated rings. The first-order valence-corrected chi connectivity index (χ1v) is 8.68. The molecule has 0 saturated carbocycles. The summed E-state index contributed by atoms with van der Waals surface area (Å²) in [6.07, 6.45) is 4.11. The summed E-state index contributed by atoms with van der Waals surface area (Å²) >= 11 is 0. The molecule has 4 heteroatoms. The van der Waals surface area contributed by atoms with Gasteiger partial charge in [-0.25, -0.2) is 0 Å². The van der Waals surface area contributed by atoms with Crippen LogP contribution in [0.2, 0.25) is 0 Å². The number of carbonyl (C=O) groups is 1. The third kappa shape index (κ3) is 3.86. The van der Waals surface area contributed by atoms with E-state index in [-0.39, 0.29) is 18.1 Å². The van der Waals surface area contributed by atoms with E-state index < -0.39 is 11.5 Å². The number of amides is 1. The van der Waals surface area contributed by atoms with Crippen molar-refractivity contribution in [2.45, 2.75) is 38.0 Å². The van der Waals surface area contributed by atoms with Crippen LogP contribution in [0, 0.1) is 5.41 Å². The van der Waals surface area contributed by atoms with E-state index in [0.717, 1.165) is 5.56 Å². The number of benzene rings is 1. The average Bonchev–Trinajstić information content (AvgIpc) is 2.61. The van der Waals surface area contributed by atoms with E-state index >= 15 is 0 Å². The molecule has 1 amide bonds. The molecule has 0 radical (unpaired) electrons. The van der Waals surface area contributed by atoms with E-state index in [1.54, 1.807) is 12.0 Å². The highest BCUT2D eigenvalue weighted by atomic mass is 16.5. The van der Waals surface area contributed by atoms with Gasteiger partial charge >= 0.3 is 0 Å². The number of likely N-dealkylation sites (N-methyl/N-ethyl adjacent to an activating group) is 1. The molecule has 1 aromatic carbocycles. The number of carbonyl (C=O) groups excluding carboxylic acids is 1. The lowest BCUT2D eigenvalue weighted by molar-refractivity contribution is -0.191. The first-order valence-electron chi connectivity index (χ1n) is 8.68. The van der Waals surface area contributed by atoms with Crippen LogP contribution < -0.4 is 0 Å². The molecule has 25 heavy (non-hydrogen) atoms. The lowest BCUT2D eigenvalue weighted by atomic mass is 9.74. The number of methoxy groups -OCH3 is 1. The first-order chi connectivity index (χ1) is 12.0. The van der Waals surface area contributed by atoms with Crippen LogP contribution in [0.25, 0.3) is 0 Å². The quantitative estimate of drug-likeness (QED) is 0.675. The minimum absolute atomic E-state index is 0.0135. The van der Waals surface area contributed by atoms with Gasteiger partial charge in [0.1, 0.15) is 12.2 Å². The molecule has 0 aliphatic carbocycles. The van der Waals surface area contributed by atoms with Crippen LogP contribution in [-0.4, -0.2) is 43.7 Å². The fourth-order valence-corrected chi connectivity index (χ4v) is 3.67. The maximum atomic E-state index is 13.1. The minimum Gasteiger partial charge on any atom is -0.384 e. The van der Waals surface area contributed by atoms with Crippen LogP contribution in [0.3, 0.4) is 0 Å². The fraction of sp³-hybridized carbons (Fsp3) is 0.476. The van der Waals surface area contributed by atoms with Gasteiger partial charge in [-0.1, -0.05) is 42.5 Å². The van der Waals surface area contributed by atoms with Gasteiger partial charge in [0.25, 0.3) is 5.91 Å². The Bertz CT molecular complexity index is 588. The maximum Gasteiger partial charge on any atom is 0.252 e. The molecule has 0 bridgehead atoms. The fourth-order valence-electron chi connectivity index (χ4n) is 3.67. The predicted octanol–water partition coefficient (Wildman–Crippen LogP) is 3.76. The number of allylic oxidation sites excluding steroid dienone is 2. The Labute approximate surface area is 151 Å². The number of morpholine rings is 1. The Morgan fingerprint density at radius 2 is 1.84 bits per heavy atom. The van der Waals surface area contributed by atoms with Crippen molar-refractivity contribution in [2.75, 3.05) is 20.8 Å². The summed E-state index contributed by atoms with van der Waals surface area (Å²) in [5.41, 5.74) is 0.569. The summed E-state index contributed by atoms with van der Waals surface area (Å²) in [4.78, 5) is 14.9. The normalized spacial score (nSPS) is 24.2. The molecule has 0 aromatic heterocycles. The van der Waals surface area contributed by atoms with Crippen LogP contribution in [0.4, 0.5) is 0 Å². The average molecular weight is 343 g/mol. The zero-order chi connectivity index (χ0) is 18.4. The Hall–Kier alpha value is -1.91. The lowest BCUT2D eigenvalue weighted by Gasteiger charge is -2.48. The van der Waals surface area contributed by atoms with Gasteiger partial charge in [-0.3, -0.25) is 4.79 Å². The van der Waals surface area contributed by atoms with E-state index in [1.807, 2.05) is 56.5 Å². The van der Waals surface area contributed by atoms with Gasteiger partial charge in [-0.2, -0.15) is 0 Å². The zero-order valence-electron chi connectivity index (χ0n) is 15.5. The molecule has 1 aliphatic heterocycles. The Kier molecular flexibility index (Phi) is 6.57. The van der Waals surface area contributed by atoms with E-state index in [1.165, 1.54) is 0 Å². The van der Waals surface area contributed by atoms with Crippen molar-refractivity contribution in [2.24, 2.45) is 5.41 Å². The Morgan fingerprint density at radius 1 is 1.24 bits per heavy atom. The van der Waals surface area contributed by atoms with Crippen LogP contribution in [0.1, 0.15) is 31.4 Å². The number of hydrogen-bond acceptors (Lipinski definition) is 3. The predicted molar refractivity (Wildman–Crippen MR) is 100 cm³/mol. The van der Waals surface area contributed by atoms with Crippen LogP contribution >= 0.6 is 0 Å². The number of ether oxygens (including phenoxy) is 2. The van der Waals surface area contributed by atoms with Crippen molar-refractivity contribution in [1.29, 1.82) is 0 Å². The van der Waals surface area contributed by atoms with E-state index in [2.05, 4.69) is 13.2 Å². The van der Waals surface area contributed by atoms with Crippen LogP contribution in [0.15, 0.2) is 55.6 Å². The number of rotatable bonds is 8. The molecule has 1 heterocycles. The highest BCUT2D eigenvalue weighted by Gasteiger charge is 2.49. The van der Waals surface area contributed by atoms with Crippen molar-refractivity contribution >= 4 is 5.91 Å². The maximum absolute atomic E-state index is 13.1. The lowest BCUT2D eigenvalue weighted by Crippen LogP contribution is -2.58. The van der Waals surface area contributed by atoms with Gasteiger partial charge in [-0.05, 0) is 25.3 Å². The van der Waals surface area contributed by atoms with Crippen molar-refractivity contribution < 1.29 is 14.3 Å². The second-order valence-corrected chi connectivity index (χ2v) is 6.82. The van der Waals surface area contributed by atoms with Gasteiger partial charge in [-0.15, -0.1) is 13.2 Å². The zero-order valence-corrected chi connectivity index (χ0v) is 15.5. The van der Waals surface area contributed by atoms with Crippen LogP contribution in [0.5, 0.6) is 0 Å². The number of nitrogens with zero attached hydrogens (tertiary/aromatic N) is 1. The minimum atomic E-state index is -0.602. The van der Waals surface area contributed by atoms with Gasteiger partial charge in [0.2, 0.25) is 0 Å². The molecule has 0 unspecified atom stereocenters.